The van der Waals surface area contributed by atoms with Gasteiger partial charge in [-0.25, -0.2) is 13.2 Å². The third kappa shape index (κ3) is 1.43. The minimum atomic E-state index is -1.71. The van der Waals surface area contributed by atoms with Crippen LogP contribution in [-0.2, 0) is 0 Å². The molecule has 3 heteroatoms. The number of benzene rings is 1. The molecule has 0 amide bonds. The Balaban J connectivity index is 3.90. The fraction of sp³-hybridized carbons (Fsp3) is 0. The van der Waals surface area contributed by atoms with Crippen LogP contribution in [0.2, 0.25) is 0 Å². The maximum Gasteiger partial charge on any atom is 0.197 e. The fourth-order valence-corrected chi connectivity index (χ4v) is 1.08. The predicted molar refractivity (Wildman–Crippen MR) is 50.1 cm³/mol. The molecule has 0 N–H and O–H groups in total. The second-order valence-corrected chi connectivity index (χ2v) is 2.50. The summed E-state index contributed by atoms with van der Waals surface area (Å²) < 4.78 is 39.1. The zero-order valence-electron chi connectivity index (χ0n) is 7.37. The van der Waals surface area contributed by atoms with E-state index in [4.69, 9.17) is 19.3 Å². The standard InChI is InChI=1S/C12H3F3/c1-4-7-8(5-2)10(13)12(15)11(14)9(7)6-3/h1-3H. The molecule has 0 atom stereocenters. The summed E-state index contributed by atoms with van der Waals surface area (Å²) in [6.45, 7) is 0. The second-order valence-electron chi connectivity index (χ2n) is 2.50. The van der Waals surface area contributed by atoms with Crippen molar-refractivity contribution < 1.29 is 13.2 Å². The van der Waals surface area contributed by atoms with Crippen LogP contribution in [0.4, 0.5) is 13.2 Å². The van der Waals surface area contributed by atoms with Crippen LogP contribution < -0.4 is 0 Å². The van der Waals surface area contributed by atoms with Gasteiger partial charge in [0, 0.05) is 0 Å². The molecule has 0 radical (unpaired) electrons. The van der Waals surface area contributed by atoms with Gasteiger partial charge in [-0.3, -0.25) is 0 Å². The van der Waals surface area contributed by atoms with Crippen molar-refractivity contribution in [3.05, 3.63) is 34.1 Å². The Labute approximate surface area is 85.1 Å². The predicted octanol–water partition coefficient (Wildman–Crippen LogP) is 2.05. The smallest absolute Gasteiger partial charge is 0.197 e. The molecule has 1 aromatic carbocycles. The molecule has 0 aliphatic rings. The molecular formula is C12H3F3. The van der Waals surface area contributed by atoms with Crippen molar-refractivity contribution in [1.82, 2.24) is 0 Å². The lowest BCUT2D eigenvalue weighted by Gasteiger charge is -2.05. The molecule has 0 bridgehead atoms. The number of hydrogen-bond donors (Lipinski definition) is 0. The van der Waals surface area contributed by atoms with Gasteiger partial charge in [0.2, 0.25) is 0 Å². The first-order valence-electron chi connectivity index (χ1n) is 3.68. The van der Waals surface area contributed by atoms with E-state index in [1.54, 1.807) is 0 Å². The van der Waals surface area contributed by atoms with Gasteiger partial charge >= 0.3 is 0 Å². The molecule has 0 aliphatic carbocycles. The minimum absolute atomic E-state index is 0.323. The summed E-state index contributed by atoms with van der Waals surface area (Å²) in [5.74, 6) is 0.909. The zero-order valence-corrected chi connectivity index (χ0v) is 7.37. The van der Waals surface area contributed by atoms with Crippen molar-refractivity contribution in [1.29, 1.82) is 0 Å². The third-order valence-electron chi connectivity index (χ3n) is 1.76. The maximum absolute atomic E-state index is 13.1. The largest absolute Gasteiger partial charge is 0.202 e. The Morgan fingerprint density at radius 3 is 1.20 bits per heavy atom. The van der Waals surface area contributed by atoms with Crippen molar-refractivity contribution in [2.24, 2.45) is 0 Å². The van der Waals surface area contributed by atoms with Gasteiger partial charge in [0.05, 0.1) is 16.7 Å². The molecule has 0 heterocycles. The SMILES string of the molecule is C#Cc1c(F)c(F)c(F)c(C#C)c1C#C. The monoisotopic (exact) mass is 204 g/mol. The summed E-state index contributed by atoms with van der Waals surface area (Å²) >= 11 is 0. The molecular weight excluding hydrogens is 201 g/mol. The third-order valence-corrected chi connectivity index (χ3v) is 1.76. The molecule has 15 heavy (non-hydrogen) atoms. The molecule has 1 aromatic rings. The van der Waals surface area contributed by atoms with E-state index < -0.39 is 28.6 Å². The Bertz CT molecular complexity index is 507. The highest BCUT2D eigenvalue weighted by Crippen LogP contribution is 2.23. The van der Waals surface area contributed by atoms with Crippen LogP contribution >= 0.6 is 0 Å². The van der Waals surface area contributed by atoms with Crippen molar-refractivity contribution in [3.8, 4) is 37.0 Å². The molecule has 1 rings (SSSR count). The number of terminal acetylenes is 3. The van der Waals surface area contributed by atoms with Crippen molar-refractivity contribution in [3.63, 3.8) is 0 Å². The summed E-state index contributed by atoms with van der Waals surface area (Å²) in [6.07, 6.45) is 14.8. The van der Waals surface area contributed by atoms with Crippen molar-refractivity contribution >= 4 is 0 Å². The van der Waals surface area contributed by atoms with Gasteiger partial charge in [-0.2, -0.15) is 0 Å². The zero-order chi connectivity index (χ0) is 11.6. The van der Waals surface area contributed by atoms with E-state index in [0.29, 0.717) is 0 Å². The van der Waals surface area contributed by atoms with E-state index in [2.05, 4.69) is 0 Å². The van der Waals surface area contributed by atoms with Gasteiger partial charge in [-0.15, -0.1) is 19.3 Å². The number of hydrogen-bond acceptors (Lipinski definition) is 0. The van der Waals surface area contributed by atoms with Crippen LogP contribution in [0.15, 0.2) is 0 Å². The Kier molecular flexibility index (Phi) is 2.75. The first-order chi connectivity index (χ1) is 7.08. The number of halogens is 3. The molecule has 0 saturated carbocycles. The second kappa shape index (κ2) is 3.82. The average molecular weight is 204 g/mol. The highest BCUT2D eigenvalue weighted by Gasteiger charge is 2.21. The lowest BCUT2D eigenvalue weighted by Crippen LogP contribution is -2.03. The topological polar surface area (TPSA) is 0 Å². The lowest BCUT2D eigenvalue weighted by atomic mass is 10.0. The van der Waals surface area contributed by atoms with Crippen LogP contribution in [0, 0.1) is 54.5 Å². The summed E-state index contributed by atoms with van der Waals surface area (Å²) in [6, 6.07) is 0. The molecule has 0 spiro atoms. The lowest BCUT2D eigenvalue weighted by molar-refractivity contribution is 0.444. The summed E-state index contributed by atoms with van der Waals surface area (Å²) in [5, 5.41) is 0. The van der Waals surface area contributed by atoms with Crippen LogP contribution in [0.1, 0.15) is 16.7 Å². The van der Waals surface area contributed by atoms with Crippen LogP contribution in [0.25, 0.3) is 0 Å². The summed E-state index contributed by atoms with van der Waals surface area (Å²) in [7, 11) is 0. The highest BCUT2D eigenvalue weighted by atomic mass is 19.2. The molecule has 0 saturated heterocycles. The van der Waals surface area contributed by atoms with Crippen LogP contribution in [0.5, 0.6) is 0 Å². The Morgan fingerprint density at radius 2 is 0.933 bits per heavy atom. The van der Waals surface area contributed by atoms with E-state index in [9.17, 15) is 13.2 Å². The molecule has 0 nitrogen and oxygen atoms in total. The van der Waals surface area contributed by atoms with Crippen molar-refractivity contribution in [2.75, 3.05) is 0 Å². The Morgan fingerprint density at radius 1 is 0.600 bits per heavy atom. The maximum atomic E-state index is 13.1. The van der Waals surface area contributed by atoms with E-state index >= 15 is 0 Å². The molecule has 72 valence electrons. The van der Waals surface area contributed by atoms with Crippen molar-refractivity contribution in [2.45, 2.75) is 0 Å². The quantitative estimate of drug-likeness (QED) is 0.448. The molecule has 0 unspecified atom stereocenters. The van der Waals surface area contributed by atoms with E-state index in [0.717, 1.165) is 0 Å². The Hall–Kier alpha value is -2.31. The van der Waals surface area contributed by atoms with E-state index in [1.807, 2.05) is 17.8 Å². The highest BCUT2D eigenvalue weighted by molar-refractivity contribution is 5.59. The molecule has 0 fully saturated rings. The normalized spacial score (nSPS) is 8.80. The first-order valence-corrected chi connectivity index (χ1v) is 3.68. The first kappa shape index (κ1) is 10.8. The van der Waals surface area contributed by atoms with Gasteiger partial charge < -0.3 is 0 Å². The van der Waals surface area contributed by atoms with Gasteiger partial charge in [-0.1, -0.05) is 17.8 Å². The van der Waals surface area contributed by atoms with Gasteiger partial charge in [-0.05, 0) is 0 Å². The van der Waals surface area contributed by atoms with E-state index in [-0.39, 0.29) is 5.56 Å². The number of rotatable bonds is 0. The summed E-state index contributed by atoms with van der Waals surface area (Å²) in [4.78, 5) is 0. The van der Waals surface area contributed by atoms with Gasteiger partial charge in [0.15, 0.2) is 17.5 Å². The van der Waals surface area contributed by atoms with E-state index in [1.165, 1.54) is 0 Å². The van der Waals surface area contributed by atoms with Gasteiger partial charge in [0.1, 0.15) is 0 Å². The molecule has 0 aliphatic heterocycles. The van der Waals surface area contributed by atoms with Crippen LogP contribution in [-0.4, -0.2) is 0 Å². The van der Waals surface area contributed by atoms with Crippen LogP contribution in [0.3, 0.4) is 0 Å². The summed E-state index contributed by atoms with van der Waals surface area (Å²) in [5.41, 5.74) is -1.40. The average Bonchev–Trinajstić information content (AvgIpc) is 2.25. The molecule has 0 aromatic heterocycles. The van der Waals surface area contributed by atoms with Gasteiger partial charge in [0.25, 0.3) is 0 Å². The fourth-order valence-electron chi connectivity index (χ4n) is 1.08. The minimum Gasteiger partial charge on any atom is -0.202 e.